The summed E-state index contributed by atoms with van der Waals surface area (Å²) in [4.78, 5) is 24.9. The summed E-state index contributed by atoms with van der Waals surface area (Å²) in [5.74, 6) is 0.371. The van der Waals surface area contributed by atoms with Gasteiger partial charge in [0.2, 0.25) is 5.88 Å². The Kier molecular flexibility index (Phi) is 3.00. The van der Waals surface area contributed by atoms with Crippen LogP contribution in [0.5, 0.6) is 5.88 Å². The third-order valence-electron chi connectivity index (χ3n) is 2.76. The highest BCUT2D eigenvalue weighted by atomic mass is 16.3. The van der Waals surface area contributed by atoms with Crippen molar-refractivity contribution in [3.63, 3.8) is 0 Å². The highest BCUT2D eigenvalue weighted by molar-refractivity contribution is 5.20. The highest BCUT2D eigenvalue weighted by Gasteiger charge is 2.11. The Morgan fingerprint density at radius 1 is 1.44 bits per heavy atom. The Labute approximate surface area is 102 Å². The van der Waals surface area contributed by atoms with E-state index in [0.29, 0.717) is 12.2 Å². The molecule has 0 aliphatic carbocycles. The van der Waals surface area contributed by atoms with Crippen LogP contribution in [0, 0.1) is 6.92 Å². The SMILES string of the molecule is Cc1c(O)n(CCc2nncn2C)c(=O)[nH]c1=O. The van der Waals surface area contributed by atoms with Crippen molar-refractivity contribution in [2.24, 2.45) is 7.05 Å². The first-order chi connectivity index (χ1) is 8.50. The van der Waals surface area contributed by atoms with E-state index in [2.05, 4.69) is 15.2 Å². The summed E-state index contributed by atoms with van der Waals surface area (Å²) in [6, 6.07) is 0. The lowest BCUT2D eigenvalue weighted by Crippen LogP contribution is -2.32. The molecule has 2 aromatic heterocycles. The van der Waals surface area contributed by atoms with Gasteiger partial charge in [0.15, 0.2) is 0 Å². The molecule has 0 aliphatic heterocycles. The van der Waals surface area contributed by atoms with Gasteiger partial charge in [-0.1, -0.05) is 0 Å². The molecule has 18 heavy (non-hydrogen) atoms. The zero-order valence-electron chi connectivity index (χ0n) is 10.0. The van der Waals surface area contributed by atoms with E-state index in [1.54, 1.807) is 17.9 Å². The van der Waals surface area contributed by atoms with E-state index in [-0.39, 0.29) is 18.0 Å². The molecule has 0 aliphatic rings. The van der Waals surface area contributed by atoms with E-state index in [9.17, 15) is 14.7 Å². The van der Waals surface area contributed by atoms with Crippen molar-refractivity contribution < 1.29 is 5.11 Å². The molecule has 96 valence electrons. The van der Waals surface area contributed by atoms with Gasteiger partial charge in [-0.2, -0.15) is 0 Å². The zero-order valence-corrected chi connectivity index (χ0v) is 10.0. The molecular formula is C10H13N5O3. The second kappa shape index (κ2) is 4.47. The molecule has 0 saturated heterocycles. The van der Waals surface area contributed by atoms with Gasteiger partial charge in [-0.25, -0.2) is 4.79 Å². The number of hydrogen-bond donors (Lipinski definition) is 2. The number of nitrogens with one attached hydrogen (secondary N) is 1. The van der Waals surface area contributed by atoms with Crippen molar-refractivity contribution >= 4 is 0 Å². The number of aryl methyl sites for hydroxylation is 2. The molecule has 2 aromatic rings. The minimum absolute atomic E-state index is 0.118. The number of aromatic hydroxyl groups is 1. The van der Waals surface area contributed by atoms with Crippen LogP contribution in [0.2, 0.25) is 0 Å². The quantitative estimate of drug-likeness (QED) is 0.722. The zero-order chi connectivity index (χ0) is 13.3. The molecule has 0 aromatic carbocycles. The molecule has 8 nitrogen and oxygen atoms in total. The number of aromatic amines is 1. The number of nitrogens with zero attached hydrogens (tertiary/aromatic N) is 4. The number of H-pyrrole nitrogens is 1. The maximum atomic E-state index is 11.6. The molecule has 2 heterocycles. The molecule has 0 saturated carbocycles. The van der Waals surface area contributed by atoms with Crippen molar-refractivity contribution in [2.75, 3.05) is 0 Å². The molecule has 2 rings (SSSR count). The van der Waals surface area contributed by atoms with Gasteiger partial charge in [0.1, 0.15) is 12.2 Å². The van der Waals surface area contributed by atoms with E-state index in [1.807, 2.05) is 0 Å². The average molecular weight is 251 g/mol. The summed E-state index contributed by atoms with van der Waals surface area (Å²) >= 11 is 0. The molecule has 8 heteroatoms. The largest absolute Gasteiger partial charge is 0.494 e. The van der Waals surface area contributed by atoms with Gasteiger partial charge in [0.25, 0.3) is 5.56 Å². The van der Waals surface area contributed by atoms with Crippen molar-refractivity contribution in [3.8, 4) is 5.88 Å². The molecule has 0 spiro atoms. The Balaban J connectivity index is 2.31. The number of rotatable bonds is 3. The first kappa shape index (κ1) is 12.1. The van der Waals surface area contributed by atoms with Gasteiger partial charge in [0.05, 0.1) is 5.56 Å². The van der Waals surface area contributed by atoms with Crippen LogP contribution in [0.15, 0.2) is 15.9 Å². The van der Waals surface area contributed by atoms with E-state index in [1.165, 1.54) is 6.92 Å². The second-order valence-corrected chi connectivity index (χ2v) is 3.97. The fraction of sp³-hybridized carbons (Fsp3) is 0.400. The molecule has 0 amide bonds. The standard InChI is InChI=1S/C10H13N5O3/c1-6-8(16)12-10(18)15(9(6)17)4-3-7-13-11-5-14(7)2/h5,17H,3-4H2,1-2H3,(H,12,16,18). The highest BCUT2D eigenvalue weighted by Crippen LogP contribution is 2.08. The molecule has 0 unspecified atom stereocenters. The Hall–Kier alpha value is -2.38. The van der Waals surface area contributed by atoms with Crippen LogP contribution in [0.3, 0.4) is 0 Å². The molecule has 2 N–H and O–H groups in total. The number of hydrogen-bond acceptors (Lipinski definition) is 5. The van der Waals surface area contributed by atoms with Crippen LogP contribution in [0.25, 0.3) is 0 Å². The maximum absolute atomic E-state index is 11.6. The molecular weight excluding hydrogens is 238 g/mol. The minimum Gasteiger partial charge on any atom is -0.494 e. The van der Waals surface area contributed by atoms with Gasteiger partial charge in [-0.3, -0.25) is 14.3 Å². The fourth-order valence-electron chi connectivity index (χ4n) is 1.61. The normalized spacial score (nSPS) is 10.8. The second-order valence-electron chi connectivity index (χ2n) is 3.97. The minimum atomic E-state index is -0.634. The van der Waals surface area contributed by atoms with Crippen molar-refractivity contribution in [1.29, 1.82) is 0 Å². The van der Waals surface area contributed by atoms with Crippen LogP contribution in [0.1, 0.15) is 11.4 Å². The Bertz CT molecular complexity index is 682. The smallest absolute Gasteiger partial charge is 0.331 e. The van der Waals surface area contributed by atoms with Crippen LogP contribution >= 0.6 is 0 Å². The van der Waals surface area contributed by atoms with Gasteiger partial charge >= 0.3 is 5.69 Å². The lowest BCUT2D eigenvalue weighted by molar-refractivity contribution is 0.394. The van der Waals surface area contributed by atoms with E-state index >= 15 is 0 Å². The third-order valence-corrected chi connectivity index (χ3v) is 2.76. The van der Waals surface area contributed by atoms with Crippen LogP contribution in [-0.4, -0.2) is 29.4 Å². The van der Waals surface area contributed by atoms with E-state index in [4.69, 9.17) is 0 Å². The van der Waals surface area contributed by atoms with Crippen LogP contribution < -0.4 is 11.2 Å². The maximum Gasteiger partial charge on any atom is 0.331 e. The summed E-state index contributed by atoms with van der Waals surface area (Å²) in [7, 11) is 1.79. The first-order valence-electron chi connectivity index (χ1n) is 5.36. The molecule has 0 atom stereocenters. The predicted octanol–water partition coefficient (Wildman–Crippen LogP) is -1.08. The van der Waals surface area contributed by atoms with E-state index in [0.717, 1.165) is 4.57 Å². The first-order valence-corrected chi connectivity index (χ1v) is 5.36. The van der Waals surface area contributed by atoms with Gasteiger partial charge in [0, 0.05) is 20.0 Å². The Morgan fingerprint density at radius 3 is 2.78 bits per heavy atom. The molecule has 0 radical (unpaired) electrons. The van der Waals surface area contributed by atoms with Gasteiger partial charge in [-0.15, -0.1) is 10.2 Å². The summed E-state index contributed by atoms with van der Waals surface area (Å²) in [5.41, 5.74) is -1.09. The lowest BCUT2D eigenvalue weighted by Gasteiger charge is -2.08. The fourth-order valence-corrected chi connectivity index (χ4v) is 1.61. The molecule has 0 fully saturated rings. The lowest BCUT2D eigenvalue weighted by atomic mass is 10.3. The predicted molar refractivity (Wildman–Crippen MR) is 62.4 cm³/mol. The average Bonchev–Trinajstić information content (AvgIpc) is 2.72. The number of aromatic nitrogens is 5. The van der Waals surface area contributed by atoms with Gasteiger partial charge in [-0.05, 0) is 6.92 Å². The topological polar surface area (TPSA) is 106 Å². The van der Waals surface area contributed by atoms with Crippen molar-refractivity contribution in [1.82, 2.24) is 24.3 Å². The van der Waals surface area contributed by atoms with Crippen LogP contribution in [0.4, 0.5) is 0 Å². The summed E-state index contributed by atoms with van der Waals surface area (Å²) < 4.78 is 2.83. The van der Waals surface area contributed by atoms with Crippen molar-refractivity contribution in [3.05, 3.63) is 38.6 Å². The monoisotopic (exact) mass is 251 g/mol. The molecule has 0 bridgehead atoms. The van der Waals surface area contributed by atoms with E-state index < -0.39 is 11.2 Å². The van der Waals surface area contributed by atoms with Gasteiger partial charge < -0.3 is 9.67 Å². The van der Waals surface area contributed by atoms with Crippen molar-refractivity contribution in [2.45, 2.75) is 19.9 Å². The summed E-state index contributed by atoms with van der Waals surface area (Å²) in [6.45, 7) is 1.67. The Morgan fingerprint density at radius 2 is 2.17 bits per heavy atom. The third kappa shape index (κ3) is 2.04. The summed E-state index contributed by atoms with van der Waals surface area (Å²) in [6.07, 6.45) is 1.98. The van der Waals surface area contributed by atoms with Crippen LogP contribution in [-0.2, 0) is 20.0 Å². The summed E-state index contributed by atoms with van der Waals surface area (Å²) in [5, 5.41) is 17.3.